The van der Waals surface area contributed by atoms with E-state index >= 15 is 0 Å². The van der Waals surface area contributed by atoms with Crippen LogP contribution >= 0.6 is 12.2 Å². The minimum absolute atomic E-state index is 0.0257. The van der Waals surface area contributed by atoms with Gasteiger partial charge in [0.15, 0.2) is 21.2 Å². The molecule has 0 heterocycles. The first-order valence-corrected chi connectivity index (χ1v) is 8.83. The van der Waals surface area contributed by atoms with Gasteiger partial charge in [-0.25, -0.2) is 13.4 Å². The number of rotatable bonds is 5. The molecule has 23 heavy (non-hydrogen) atoms. The molecular formula is C15H15N3O3S2. The van der Waals surface area contributed by atoms with Crippen molar-refractivity contribution in [1.29, 1.82) is 0 Å². The molecule has 0 saturated heterocycles. The van der Waals surface area contributed by atoms with Crippen molar-refractivity contribution in [1.82, 2.24) is 0 Å². The number of nitrogens with two attached hydrogens (primary N) is 1. The van der Waals surface area contributed by atoms with Gasteiger partial charge in [-0.05, 0) is 42.5 Å². The molecule has 0 unspecified atom stereocenters. The van der Waals surface area contributed by atoms with Crippen LogP contribution in [0.25, 0.3) is 0 Å². The Balaban J connectivity index is 2.47. The second-order valence-corrected chi connectivity index (χ2v) is 7.19. The highest BCUT2D eigenvalue weighted by molar-refractivity contribution is 7.90. The van der Waals surface area contributed by atoms with Crippen LogP contribution in [-0.4, -0.2) is 26.1 Å². The van der Waals surface area contributed by atoms with Gasteiger partial charge in [0, 0.05) is 11.8 Å². The number of nitrogens with one attached hydrogen (secondary N) is 1. The lowest BCUT2D eigenvalue weighted by Gasteiger charge is -2.25. The maximum atomic E-state index is 11.7. The van der Waals surface area contributed by atoms with E-state index in [1.807, 2.05) is 6.07 Å². The van der Waals surface area contributed by atoms with E-state index in [4.69, 9.17) is 18.0 Å². The number of anilines is 2. The molecule has 0 spiro atoms. The molecule has 0 bridgehead atoms. The number of benzene rings is 2. The SMILES string of the molecule is CS(=O)(=O)c1ccc(C=O)c(NN(C(N)=S)c2ccccc2)c1. The van der Waals surface area contributed by atoms with Crippen LogP contribution in [0.2, 0.25) is 0 Å². The zero-order chi connectivity index (χ0) is 17.0. The van der Waals surface area contributed by atoms with E-state index in [2.05, 4.69) is 5.43 Å². The number of hydrogen-bond acceptors (Lipinski definition) is 5. The first-order chi connectivity index (χ1) is 10.8. The monoisotopic (exact) mass is 349 g/mol. The Hall–Kier alpha value is -2.45. The van der Waals surface area contributed by atoms with Crippen molar-refractivity contribution in [3.05, 3.63) is 54.1 Å². The van der Waals surface area contributed by atoms with E-state index in [9.17, 15) is 13.2 Å². The molecule has 0 atom stereocenters. The van der Waals surface area contributed by atoms with Crippen LogP contribution in [0.4, 0.5) is 11.4 Å². The number of sulfone groups is 1. The fraction of sp³-hybridized carbons (Fsp3) is 0.0667. The zero-order valence-electron chi connectivity index (χ0n) is 12.3. The summed E-state index contributed by atoms with van der Waals surface area (Å²) in [7, 11) is -3.41. The van der Waals surface area contributed by atoms with Crippen molar-refractivity contribution in [2.75, 3.05) is 16.7 Å². The molecule has 0 amide bonds. The molecule has 0 fully saturated rings. The second-order valence-electron chi connectivity index (χ2n) is 4.76. The number of carbonyl (C=O) groups is 1. The summed E-state index contributed by atoms with van der Waals surface area (Å²) in [5.74, 6) is 0. The summed E-state index contributed by atoms with van der Waals surface area (Å²) < 4.78 is 23.4. The van der Waals surface area contributed by atoms with Crippen LogP contribution in [0.15, 0.2) is 53.4 Å². The summed E-state index contributed by atoms with van der Waals surface area (Å²) in [5, 5.41) is 1.42. The number of hydrazine groups is 1. The fourth-order valence-corrected chi connectivity index (χ4v) is 2.71. The highest BCUT2D eigenvalue weighted by Crippen LogP contribution is 2.22. The van der Waals surface area contributed by atoms with Gasteiger partial charge in [-0.2, -0.15) is 0 Å². The van der Waals surface area contributed by atoms with Crippen LogP contribution in [0.1, 0.15) is 10.4 Å². The number of hydrogen-bond donors (Lipinski definition) is 2. The lowest BCUT2D eigenvalue weighted by Crippen LogP contribution is -2.40. The van der Waals surface area contributed by atoms with Crippen LogP contribution in [-0.2, 0) is 9.84 Å². The highest BCUT2D eigenvalue weighted by Gasteiger charge is 2.15. The van der Waals surface area contributed by atoms with Crippen LogP contribution < -0.4 is 16.2 Å². The van der Waals surface area contributed by atoms with Crippen molar-refractivity contribution in [3.63, 3.8) is 0 Å². The summed E-state index contributed by atoms with van der Waals surface area (Å²) in [6.07, 6.45) is 1.71. The smallest absolute Gasteiger partial charge is 0.190 e. The van der Waals surface area contributed by atoms with Crippen molar-refractivity contribution in [2.24, 2.45) is 5.73 Å². The Morgan fingerprint density at radius 2 is 1.87 bits per heavy atom. The maximum Gasteiger partial charge on any atom is 0.190 e. The molecule has 3 N–H and O–H groups in total. The predicted molar refractivity (Wildman–Crippen MR) is 94.3 cm³/mol. The summed E-state index contributed by atoms with van der Waals surface area (Å²) >= 11 is 5.02. The van der Waals surface area contributed by atoms with Crippen molar-refractivity contribution >= 4 is 44.8 Å². The molecule has 0 aromatic heterocycles. The lowest BCUT2D eigenvalue weighted by atomic mass is 10.2. The summed E-state index contributed by atoms with van der Waals surface area (Å²) in [6, 6.07) is 13.1. The number of para-hydroxylation sites is 1. The molecule has 0 radical (unpaired) electrons. The quantitative estimate of drug-likeness (QED) is 0.484. The Labute approximate surface area is 139 Å². The summed E-state index contributed by atoms with van der Waals surface area (Å²) in [4.78, 5) is 11.3. The van der Waals surface area contributed by atoms with E-state index in [0.29, 0.717) is 17.7 Å². The van der Waals surface area contributed by atoms with Gasteiger partial charge in [0.05, 0.1) is 16.3 Å². The molecule has 2 aromatic carbocycles. The molecule has 2 rings (SSSR count). The molecule has 8 heteroatoms. The molecule has 0 aliphatic carbocycles. The topological polar surface area (TPSA) is 92.5 Å². The normalized spacial score (nSPS) is 10.8. The minimum Gasteiger partial charge on any atom is -0.374 e. The van der Waals surface area contributed by atoms with E-state index in [1.54, 1.807) is 24.3 Å². The highest BCUT2D eigenvalue weighted by atomic mass is 32.2. The van der Waals surface area contributed by atoms with Crippen molar-refractivity contribution in [3.8, 4) is 0 Å². The Morgan fingerprint density at radius 1 is 1.22 bits per heavy atom. The number of thiocarbonyl (C=S) groups is 1. The van der Waals surface area contributed by atoms with Gasteiger partial charge in [-0.15, -0.1) is 0 Å². The molecular weight excluding hydrogens is 334 g/mol. The third-order valence-corrected chi connectivity index (χ3v) is 4.34. The molecule has 6 nitrogen and oxygen atoms in total. The van der Waals surface area contributed by atoms with Gasteiger partial charge in [0.2, 0.25) is 0 Å². The standard InChI is InChI=1S/C15H15N3O3S2/c1-23(20,21)13-8-7-11(10-19)14(9-13)17-18(15(16)22)12-5-3-2-4-6-12/h2-10,17H,1H3,(H2,16,22). The van der Waals surface area contributed by atoms with Gasteiger partial charge in [0.1, 0.15) is 0 Å². The van der Waals surface area contributed by atoms with Gasteiger partial charge < -0.3 is 5.73 Å². The van der Waals surface area contributed by atoms with Crippen LogP contribution in [0, 0.1) is 0 Å². The molecule has 2 aromatic rings. The van der Waals surface area contributed by atoms with Gasteiger partial charge in [-0.3, -0.25) is 10.2 Å². The summed E-state index contributed by atoms with van der Waals surface area (Å²) in [6.45, 7) is 0. The third-order valence-electron chi connectivity index (χ3n) is 3.05. The second kappa shape index (κ2) is 6.76. The zero-order valence-corrected chi connectivity index (χ0v) is 13.9. The molecule has 0 aliphatic rings. The predicted octanol–water partition coefficient (Wildman–Crippen LogP) is 1.98. The van der Waals surface area contributed by atoms with Gasteiger partial charge in [0.25, 0.3) is 0 Å². The number of nitrogens with zero attached hydrogens (tertiary/aromatic N) is 1. The van der Waals surface area contributed by atoms with Crippen molar-refractivity contribution in [2.45, 2.75) is 4.90 Å². The molecule has 0 saturated carbocycles. The van der Waals surface area contributed by atoms with E-state index in [0.717, 1.165) is 6.26 Å². The van der Waals surface area contributed by atoms with E-state index in [-0.39, 0.29) is 15.6 Å². The largest absolute Gasteiger partial charge is 0.374 e. The average Bonchev–Trinajstić information content (AvgIpc) is 2.52. The Bertz CT molecular complexity index is 836. The fourth-order valence-electron chi connectivity index (χ4n) is 1.91. The first-order valence-electron chi connectivity index (χ1n) is 6.53. The molecule has 120 valence electrons. The van der Waals surface area contributed by atoms with Gasteiger partial charge in [-0.1, -0.05) is 18.2 Å². The van der Waals surface area contributed by atoms with Crippen LogP contribution in [0.3, 0.4) is 0 Å². The van der Waals surface area contributed by atoms with Crippen molar-refractivity contribution < 1.29 is 13.2 Å². The maximum absolute atomic E-state index is 11.7. The average molecular weight is 349 g/mol. The Morgan fingerprint density at radius 3 is 2.39 bits per heavy atom. The van der Waals surface area contributed by atoms with E-state index in [1.165, 1.54) is 23.2 Å². The minimum atomic E-state index is -3.41. The number of aldehydes is 1. The molecule has 0 aliphatic heterocycles. The summed E-state index contributed by atoms with van der Waals surface area (Å²) in [5.41, 5.74) is 9.85. The lowest BCUT2D eigenvalue weighted by molar-refractivity contribution is 0.112. The third kappa shape index (κ3) is 4.05. The number of carbonyl (C=O) groups excluding carboxylic acids is 1. The van der Waals surface area contributed by atoms with E-state index < -0.39 is 9.84 Å². The van der Waals surface area contributed by atoms with Gasteiger partial charge >= 0.3 is 0 Å². The Kier molecular flexibility index (Phi) is 4.97. The first kappa shape index (κ1) is 16.9. The van der Waals surface area contributed by atoms with Crippen LogP contribution in [0.5, 0.6) is 0 Å².